The van der Waals surface area contributed by atoms with Gasteiger partial charge in [0.25, 0.3) is 0 Å². The Bertz CT molecular complexity index is 427. The second kappa shape index (κ2) is 6.59. The van der Waals surface area contributed by atoms with Gasteiger partial charge >= 0.3 is 5.97 Å². The highest BCUT2D eigenvalue weighted by atomic mass is 35.5. The van der Waals surface area contributed by atoms with Crippen molar-refractivity contribution in [2.24, 2.45) is 0 Å². The van der Waals surface area contributed by atoms with Gasteiger partial charge < -0.3 is 14.9 Å². The van der Waals surface area contributed by atoms with Crippen molar-refractivity contribution in [1.29, 1.82) is 0 Å². The van der Waals surface area contributed by atoms with Gasteiger partial charge in [-0.25, -0.2) is 4.79 Å². The topological polar surface area (TPSA) is 66.8 Å². The predicted molar refractivity (Wildman–Crippen MR) is 69.1 cm³/mol. The van der Waals surface area contributed by atoms with Crippen LogP contribution in [0.15, 0.2) is 12.1 Å². The van der Waals surface area contributed by atoms with Crippen molar-refractivity contribution in [2.45, 2.75) is 19.1 Å². The summed E-state index contributed by atoms with van der Waals surface area (Å²) in [4.78, 5) is 11.3. The zero-order chi connectivity index (χ0) is 13.9. The molecular formula is C11H11Cl3O4. The Hall–Kier alpha value is -0.520. The third kappa shape index (κ3) is 3.49. The van der Waals surface area contributed by atoms with Crippen molar-refractivity contribution in [3.63, 3.8) is 0 Å². The smallest absolute Gasteiger partial charge is 0.338 e. The summed E-state index contributed by atoms with van der Waals surface area (Å²) in [6.45, 7) is 1.67. The van der Waals surface area contributed by atoms with Crippen LogP contribution >= 0.6 is 34.8 Å². The van der Waals surface area contributed by atoms with E-state index in [1.807, 2.05) is 0 Å². The lowest BCUT2D eigenvalue weighted by Crippen LogP contribution is -2.30. The van der Waals surface area contributed by atoms with Crippen LogP contribution in [0.2, 0.25) is 15.1 Å². The summed E-state index contributed by atoms with van der Waals surface area (Å²) in [7, 11) is 0. The zero-order valence-corrected chi connectivity index (χ0v) is 11.6. The summed E-state index contributed by atoms with van der Waals surface area (Å²) < 4.78 is 4.59. The summed E-state index contributed by atoms with van der Waals surface area (Å²) in [5.74, 6) is -0.952. The van der Waals surface area contributed by atoms with E-state index in [4.69, 9.17) is 34.8 Å². The molecule has 0 radical (unpaired) electrons. The van der Waals surface area contributed by atoms with Crippen molar-refractivity contribution in [3.05, 3.63) is 32.8 Å². The zero-order valence-electron chi connectivity index (χ0n) is 9.36. The van der Waals surface area contributed by atoms with Gasteiger partial charge in [-0.05, 0) is 19.1 Å². The molecule has 1 aromatic rings. The van der Waals surface area contributed by atoms with Crippen LogP contribution in [0.4, 0.5) is 0 Å². The average Bonchev–Trinajstić information content (AvgIpc) is 2.26. The molecule has 2 unspecified atom stereocenters. The minimum atomic E-state index is -1.76. The lowest BCUT2D eigenvalue weighted by Gasteiger charge is -2.19. The van der Waals surface area contributed by atoms with Crippen LogP contribution in [0.5, 0.6) is 0 Å². The number of carbonyl (C=O) groups excluding carboxylic acids is 1. The van der Waals surface area contributed by atoms with Crippen LogP contribution in [0.25, 0.3) is 0 Å². The molecule has 0 aliphatic heterocycles. The van der Waals surface area contributed by atoms with Crippen molar-refractivity contribution in [3.8, 4) is 0 Å². The molecule has 4 nitrogen and oxygen atoms in total. The van der Waals surface area contributed by atoms with E-state index in [-0.39, 0.29) is 27.2 Å². The van der Waals surface area contributed by atoms with Gasteiger partial charge in [0, 0.05) is 20.6 Å². The molecule has 1 aromatic carbocycles. The number of esters is 1. The first-order valence-electron chi connectivity index (χ1n) is 5.05. The lowest BCUT2D eigenvalue weighted by molar-refractivity contribution is -0.159. The number of rotatable bonds is 4. The standard InChI is InChI=1S/C11H11Cl3O4/c1-2-18-11(17)10(16)9(15)8-6(13)3-5(12)4-7(8)14/h3-4,9-10,15-16H,2H2,1H3. The van der Waals surface area contributed by atoms with Crippen LogP contribution in [0.3, 0.4) is 0 Å². The van der Waals surface area contributed by atoms with Gasteiger partial charge in [-0.3, -0.25) is 0 Å². The number of carbonyl (C=O) groups is 1. The number of ether oxygens (including phenoxy) is 1. The van der Waals surface area contributed by atoms with E-state index in [0.717, 1.165) is 0 Å². The van der Waals surface area contributed by atoms with Crippen LogP contribution in [0, 0.1) is 0 Å². The first-order valence-corrected chi connectivity index (χ1v) is 6.19. The van der Waals surface area contributed by atoms with E-state index in [2.05, 4.69) is 4.74 Å². The molecule has 0 aliphatic rings. The van der Waals surface area contributed by atoms with Gasteiger partial charge in [0.1, 0.15) is 6.10 Å². The van der Waals surface area contributed by atoms with Gasteiger partial charge in [0.15, 0.2) is 6.10 Å². The Morgan fingerprint density at radius 1 is 1.28 bits per heavy atom. The van der Waals surface area contributed by atoms with Gasteiger partial charge in [0.2, 0.25) is 0 Å². The minimum Gasteiger partial charge on any atom is -0.464 e. The third-order valence-electron chi connectivity index (χ3n) is 2.17. The number of hydrogen-bond acceptors (Lipinski definition) is 4. The molecule has 0 spiro atoms. The van der Waals surface area contributed by atoms with Crippen molar-refractivity contribution < 1.29 is 19.7 Å². The van der Waals surface area contributed by atoms with E-state index >= 15 is 0 Å². The van der Waals surface area contributed by atoms with Crippen molar-refractivity contribution >= 4 is 40.8 Å². The molecule has 2 N–H and O–H groups in total. The average molecular weight is 314 g/mol. The Balaban J connectivity index is 3.03. The Morgan fingerprint density at radius 3 is 2.22 bits per heavy atom. The summed E-state index contributed by atoms with van der Waals surface area (Å²) in [5, 5.41) is 19.9. The quantitative estimate of drug-likeness (QED) is 0.839. The fourth-order valence-corrected chi connectivity index (χ4v) is 2.39. The molecule has 0 saturated heterocycles. The Labute approximate surface area is 119 Å². The maximum atomic E-state index is 11.3. The third-order valence-corrected chi connectivity index (χ3v) is 3.01. The second-order valence-corrected chi connectivity index (χ2v) is 4.68. The van der Waals surface area contributed by atoms with Gasteiger partial charge in [-0.15, -0.1) is 0 Å². The molecular weight excluding hydrogens is 302 g/mol. The van der Waals surface area contributed by atoms with Crippen LogP contribution in [-0.2, 0) is 9.53 Å². The summed E-state index contributed by atoms with van der Waals surface area (Å²) in [6.07, 6.45) is -3.34. The molecule has 100 valence electrons. The fraction of sp³-hybridized carbons (Fsp3) is 0.364. The molecule has 0 saturated carbocycles. The molecule has 1 rings (SSSR count). The molecule has 0 aromatic heterocycles. The fourth-order valence-electron chi connectivity index (χ4n) is 1.35. The first-order chi connectivity index (χ1) is 8.38. The Morgan fingerprint density at radius 2 is 1.78 bits per heavy atom. The van der Waals surface area contributed by atoms with Crippen LogP contribution in [-0.4, -0.2) is 28.9 Å². The largest absolute Gasteiger partial charge is 0.464 e. The number of aliphatic hydroxyl groups is 2. The maximum Gasteiger partial charge on any atom is 0.338 e. The van der Waals surface area contributed by atoms with Gasteiger partial charge in [0.05, 0.1) is 6.61 Å². The Kier molecular flexibility index (Phi) is 5.69. The molecule has 0 heterocycles. The van der Waals surface area contributed by atoms with Gasteiger partial charge in [-0.2, -0.15) is 0 Å². The second-order valence-electron chi connectivity index (χ2n) is 3.42. The number of benzene rings is 1. The summed E-state index contributed by atoms with van der Waals surface area (Å²) in [6, 6.07) is 2.71. The van der Waals surface area contributed by atoms with Gasteiger partial charge in [-0.1, -0.05) is 34.8 Å². The van der Waals surface area contributed by atoms with Crippen LogP contribution < -0.4 is 0 Å². The van der Waals surface area contributed by atoms with E-state index in [1.165, 1.54) is 12.1 Å². The number of halogens is 3. The van der Waals surface area contributed by atoms with E-state index < -0.39 is 18.2 Å². The molecule has 18 heavy (non-hydrogen) atoms. The maximum absolute atomic E-state index is 11.3. The predicted octanol–water partition coefficient (Wildman–Crippen LogP) is 2.60. The highest BCUT2D eigenvalue weighted by molar-refractivity contribution is 6.39. The van der Waals surface area contributed by atoms with Crippen LogP contribution in [0.1, 0.15) is 18.6 Å². The molecule has 0 bridgehead atoms. The van der Waals surface area contributed by atoms with E-state index in [0.29, 0.717) is 0 Å². The first kappa shape index (κ1) is 15.5. The van der Waals surface area contributed by atoms with Crippen molar-refractivity contribution in [2.75, 3.05) is 6.61 Å². The molecule has 0 amide bonds. The van der Waals surface area contributed by atoms with E-state index in [9.17, 15) is 15.0 Å². The molecule has 2 atom stereocenters. The normalized spacial score (nSPS) is 14.1. The molecule has 0 aliphatic carbocycles. The highest BCUT2D eigenvalue weighted by Gasteiger charge is 2.30. The highest BCUT2D eigenvalue weighted by Crippen LogP contribution is 2.35. The number of aliphatic hydroxyl groups excluding tert-OH is 2. The lowest BCUT2D eigenvalue weighted by atomic mass is 10.0. The minimum absolute atomic E-state index is 0.0308. The summed E-state index contributed by atoms with van der Waals surface area (Å²) >= 11 is 17.4. The summed E-state index contributed by atoms with van der Waals surface area (Å²) in [5.41, 5.74) is 0.0308. The molecule has 7 heteroatoms. The monoisotopic (exact) mass is 312 g/mol. The number of hydrogen-bond donors (Lipinski definition) is 2. The SMILES string of the molecule is CCOC(=O)C(O)C(O)c1c(Cl)cc(Cl)cc1Cl. The van der Waals surface area contributed by atoms with E-state index in [1.54, 1.807) is 6.92 Å². The van der Waals surface area contributed by atoms with Crippen molar-refractivity contribution in [1.82, 2.24) is 0 Å². The molecule has 0 fully saturated rings.